The van der Waals surface area contributed by atoms with Crippen molar-refractivity contribution in [2.75, 3.05) is 64.9 Å². The predicted octanol–water partition coefficient (Wildman–Crippen LogP) is 15.3. The van der Waals surface area contributed by atoms with E-state index in [0.717, 1.165) is 117 Å². The van der Waals surface area contributed by atoms with Crippen LogP contribution in [-0.4, -0.2) is 145 Å². The van der Waals surface area contributed by atoms with Crippen LogP contribution in [-0.2, 0) is 45.2 Å². The summed E-state index contributed by atoms with van der Waals surface area (Å²) in [7, 11) is 0.626. The second-order valence-corrected chi connectivity index (χ2v) is 29.5. The lowest BCUT2D eigenvalue weighted by Gasteiger charge is -2.30. The Labute approximate surface area is 644 Å². The number of aromatic amines is 4. The van der Waals surface area contributed by atoms with Gasteiger partial charge in [0.2, 0.25) is 11.8 Å². The van der Waals surface area contributed by atoms with Crippen LogP contribution >= 0.6 is 0 Å². The molecule has 113 heavy (non-hydrogen) atoms. The van der Waals surface area contributed by atoms with Crippen molar-refractivity contribution in [2.24, 2.45) is 0 Å². The summed E-state index contributed by atoms with van der Waals surface area (Å²) in [4.78, 5) is 48.1. The van der Waals surface area contributed by atoms with E-state index in [2.05, 4.69) is 124 Å². The molecule has 0 radical (unpaired) electrons. The summed E-state index contributed by atoms with van der Waals surface area (Å²) in [5, 5.41) is 58.1. The van der Waals surface area contributed by atoms with Crippen molar-refractivity contribution >= 4 is 161 Å². The summed E-state index contributed by atoms with van der Waals surface area (Å²) < 4.78 is 45.4. The summed E-state index contributed by atoms with van der Waals surface area (Å²) in [6.45, 7) is 9.94. The van der Waals surface area contributed by atoms with Crippen molar-refractivity contribution in [3.8, 4) is 0 Å². The highest BCUT2D eigenvalue weighted by atomic mass is 32.2. The Morgan fingerprint density at radius 2 is 0.858 bits per heavy atom. The second kappa shape index (κ2) is 31.9. The van der Waals surface area contributed by atoms with E-state index in [1.54, 1.807) is 48.7 Å². The van der Waals surface area contributed by atoms with Crippen LogP contribution in [0.4, 0.5) is 51.7 Å². The fourth-order valence-electron chi connectivity index (χ4n) is 13.1. The highest BCUT2D eigenvalue weighted by molar-refractivity contribution is 7.91. The third-order valence-electron chi connectivity index (χ3n) is 19.2. The van der Waals surface area contributed by atoms with E-state index in [0.29, 0.717) is 83.4 Å². The minimum Gasteiger partial charge on any atom is -0.464 e. The molecule has 0 atom stereocenters. The second-order valence-electron chi connectivity index (χ2n) is 27.2. The smallest absolute Gasteiger partial charge is 0.232 e. The summed E-state index contributed by atoms with van der Waals surface area (Å²) in [6.07, 6.45) is 9.60. The Bertz CT molecular complexity index is 6570. The number of furan rings is 1. The number of fused-ring (bicyclic) bond motifs is 8. The van der Waals surface area contributed by atoms with Gasteiger partial charge in [0.25, 0.3) is 0 Å². The van der Waals surface area contributed by atoms with Gasteiger partial charge in [0, 0.05) is 150 Å². The molecule has 12 aromatic heterocycles. The Balaban J connectivity index is 0.000000115. The van der Waals surface area contributed by atoms with Crippen LogP contribution in [0.15, 0.2) is 243 Å². The van der Waals surface area contributed by atoms with Crippen LogP contribution in [0.1, 0.15) is 48.0 Å². The predicted molar refractivity (Wildman–Crippen MR) is 434 cm³/mol. The van der Waals surface area contributed by atoms with Crippen LogP contribution in [0.2, 0.25) is 0 Å². The van der Waals surface area contributed by atoms with Gasteiger partial charge in [-0.25, -0.2) is 8.42 Å². The number of benzene rings is 6. The number of hydrogen-bond acceptors (Lipinski definition) is 24. The van der Waals surface area contributed by atoms with Crippen molar-refractivity contribution < 1.29 is 36.0 Å². The average Bonchev–Trinajstić information content (AvgIpc) is 1.67. The van der Waals surface area contributed by atoms with Crippen LogP contribution in [0.25, 0.3) is 88.0 Å². The molecule has 8 N–H and O–H groups in total. The number of carbonyl (C=O) groups is 2. The molecule has 0 spiro atoms. The normalized spacial score (nSPS) is 12.6. The zero-order valence-corrected chi connectivity index (χ0v) is 62.4. The van der Waals surface area contributed by atoms with Crippen LogP contribution in [0.5, 0.6) is 0 Å². The SMILES string of the molecule is C=C(Cc1noc2cc(Nc3n[nH]c4cccnc34)ccc12)N1CCS(=O)(=O)CC1.CC(C)c1coc2cc(Nc3n[nH]c4cccnc34)ccc12.CN(C(=O)Cc1noc2cc(Nc3n[nH]c4cccnc34)ccc12)c1ccccc1.CN(Cc1ccccc1)C(=O)Cc1noc2cc(Nc3n[nH]c4cccnc34)ccc12. The number of para-hydroxylation sites is 1. The lowest BCUT2D eigenvalue weighted by atomic mass is 10.0. The van der Waals surface area contributed by atoms with Gasteiger partial charge < -0.3 is 54.0 Å². The first-order valence-corrected chi connectivity index (χ1v) is 38.0. The fraction of sp³-hybridized carbons (Fsp3) is 0.159. The number of likely N-dealkylation sites (N-methyl/N-ethyl adjacent to an activating group) is 2. The first kappa shape index (κ1) is 72.6. The van der Waals surface area contributed by atoms with Crippen LogP contribution in [0.3, 0.4) is 0 Å². The molecular weight excluding hydrogens is 1450 g/mol. The molecular formula is C82H74N22O8S. The number of sulfone groups is 1. The number of allylic oxidation sites excluding steroid dienone is 1. The molecule has 0 bridgehead atoms. The van der Waals surface area contributed by atoms with Gasteiger partial charge in [-0.05, 0) is 121 Å². The molecule has 2 amide bonds. The van der Waals surface area contributed by atoms with E-state index in [9.17, 15) is 18.0 Å². The molecule has 0 saturated carbocycles. The quantitative estimate of drug-likeness (QED) is 0.0373. The molecule has 1 aliphatic rings. The van der Waals surface area contributed by atoms with Gasteiger partial charge in [0.05, 0.1) is 58.4 Å². The number of carbonyl (C=O) groups excluding carboxylic acids is 2. The number of rotatable bonds is 19. The van der Waals surface area contributed by atoms with E-state index in [-0.39, 0.29) is 36.2 Å². The topological polar surface area (TPSA) is 384 Å². The van der Waals surface area contributed by atoms with Gasteiger partial charge in [-0.2, -0.15) is 20.4 Å². The Kier molecular flexibility index (Phi) is 20.5. The number of nitrogens with zero attached hydrogens (tertiary/aromatic N) is 14. The van der Waals surface area contributed by atoms with Gasteiger partial charge in [-0.3, -0.25) is 49.9 Å². The largest absolute Gasteiger partial charge is 0.464 e. The van der Waals surface area contributed by atoms with Gasteiger partial charge in [-0.1, -0.05) is 84.4 Å². The van der Waals surface area contributed by atoms with Gasteiger partial charge in [0.1, 0.15) is 39.0 Å². The zero-order valence-electron chi connectivity index (χ0n) is 61.6. The molecule has 0 aliphatic carbocycles. The number of nitrogens with one attached hydrogen (secondary N) is 8. The lowest BCUT2D eigenvalue weighted by molar-refractivity contribution is -0.129. The van der Waals surface area contributed by atoms with E-state index < -0.39 is 9.84 Å². The van der Waals surface area contributed by atoms with E-state index in [1.165, 1.54) is 5.56 Å². The number of amides is 2. The van der Waals surface area contributed by atoms with Crippen molar-refractivity contribution in [3.05, 3.63) is 254 Å². The first-order valence-electron chi connectivity index (χ1n) is 36.2. The number of anilines is 9. The standard InChI is InChI=1S/C23H20N6O2.C22H18N6O2.C20H20N6O3S.C17H16N4O/c1-29(14-15-6-3-2-4-7-15)21(30)13-19-17-10-9-16(12-20(17)31-28-19)25-23-22-18(26-27-23)8-5-11-24-22;1-28(15-6-3-2-4-7-15)20(29)13-18-16-10-9-14(12-19(16)30-27-18)24-22-21-17(25-26-22)8-5-11-23-21;1-13(26-7-9-30(27,28)10-8-26)11-17-15-5-4-14(12-18(15)29-25-17)22-20-19-16(23-24-20)3-2-6-21-19;1-10(2)13-9-22-15-8-11(5-6-12(13)15)19-17-16-14(20-21-17)4-3-7-18-16/h2-12H,13-14H2,1H3,(H2,25,26,27);2-12H,13H2,1H3,(H2,24,25,26);2-6,12H,1,7-11H2,(H2,22,23,24);3-10H,1-2H3,(H2,19,20,21). The molecule has 13 heterocycles. The van der Waals surface area contributed by atoms with Crippen molar-refractivity contribution in [3.63, 3.8) is 0 Å². The molecule has 19 rings (SSSR count). The van der Waals surface area contributed by atoms with Gasteiger partial charge >= 0.3 is 0 Å². The fourth-order valence-corrected chi connectivity index (χ4v) is 14.3. The van der Waals surface area contributed by atoms with Crippen LogP contribution in [0, 0.1) is 0 Å². The molecule has 31 heteroatoms. The third-order valence-corrected chi connectivity index (χ3v) is 20.8. The lowest BCUT2D eigenvalue weighted by Crippen LogP contribution is -2.39. The zero-order chi connectivity index (χ0) is 77.5. The Hall–Kier alpha value is -14.6. The molecule has 18 aromatic rings. The molecule has 30 nitrogen and oxygen atoms in total. The molecule has 566 valence electrons. The van der Waals surface area contributed by atoms with E-state index in [1.807, 2.05) is 187 Å². The molecule has 1 aliphatic heterocycles. The third kappa shape index (κ3) is 16.3. The van der Waals surface area contributed by atoms with Gasteiger partial charge in [0.15, 0.2) is 49.9 Å². The number of H-pyrrole nitrogens is 4. The molecule has 1 fully saturated rings. The van der Waals surface area contributed by atoms with Gasteiger partial charge in [-0.15, -0.1) is 0 Å². The maximum atomic E-state index is 12.7. The molecule has 0 unspecified atom stereocenters. The van der Waals surface area contributed by atoms with E-state index >= 15 is 0 Å². The van der Waals surface area contributed by atoms with Crippen molar-refractivity contribution in [1.82, 2.24) is 86.0 Å². The first-order chi connectivity index (χ1) is 55.1. The van der Waals surface area contributed by atoms with Crippen molar-refractivity contribution in [2.45, 2.75) is 45.6 Å². The highest BCUT2D eigenvalue weighted by Crippen LogP contribution is 2.34. The summed E-state index contributed by atoms with van der Waals surface area (Å²) in [5.41, 5.74) is 18.6. The summed E-state index contributed by atoms with van der Waals surface area (Å²) in [5.74, 6) is 3.30. The average molecular weight is 1530 g/mol. The summed E-state index contributed by atoms with van der Waals surface area (Å²) >= 11 is 0. The number of aromatic nitrogens is 15. The minimum atomic E-state index is -2.92. The number of hydrogen-bond donors (Lipinski definition) is 8. The molecule has 1 saturated heterocycles. The highest BCUT2D eigenvalue weighted by Gasteiger charge is 2.25. The minimum absolute atomic E-state index is 0.0182. The monoisotopic (exact) mass is 1530 g/mol. The maximum absolute atomic E-state index is 12.7. The Morgan fingerprint density at radius 3 is 1.27 bits per heavy atom. The Morgan fingerprint density at radius 1 is 0.478 bits per heavy atom. The molecule has 6 aromatic carbocycles. The maximum Gasteiger partial charge on any atom is 0.232 e. The summed E-state index contributed by atoms with van der Waals surface area (Å²) in [6, 6.07) is 57.6. The number of pyridine rings is 4. The van der Waals surface area contributed by atoms with Crippen molar-refractivity contribution in [1.29, 1.82) is 0 Å². The van der Waals surface area contributed by atoms with Crippen LogP contribution < -0.4 is 26.2 Å². The van der Waals surface area contributed by atoms with E-state index in [4.69, 9.17) is 18.0 Å².